The van der Waals surface area contributed by atoms with Gasteiger partial charge in [-0.3, -0.25) is 0 Å². The molecule has 4 aromatic rings. The third-order valence-corrected chi connectivity index (χ3v) is 10.7. The molecule has 150 valence electrons. The van der Waals surface area contributed by atoms with E-state index in [0.717, 1.165) is 16.2 Å². The van der Waals surface area contributed by atoms with Crippen molar-refractivity contribution in [1.29, 1.82) is 0 Å². The van der Waals surface area contributed by atoms with Crippen LogP contribution in [0.2, 0.25) is 0 Å². The van der Waals surface area contributed by atoms with Crippen molar-refractivity contribution in [3.63, 3.8) is 0 Å². The molecule has 0 bridgehead atoms. The van der Waals surface area contributed by atoms with Crippen molar-refractivity contribution < 1.29 is 4.79 Å². The van der Waals surface area contributed by atoms with Gasteiger partial charge in [-0.25, -0.2) is 0 Å². The van der Waals surface area contributed by atoms with E-state index in [-0.39, 0.29) is 5.52 Å². The number of rotatable bonds is 5. The standard InChI is InChI=1S/C28H27OP/c1-21-19-22(2)27(23(3)20-21)30(25-15-9-5-10-16-25,26-17-11-6-12-18-26)28(29)24-13-7-4-8-14-24/h4-20,30H,1-3H3. The van der Waals surface area contributed by atoms with Crippen LogP contribution in [0.15, 0.2) is 103 Å². The van der Waals surface area contributed by atoms with Crippen LogP contribution in [0.25, 0.3) is 0 Å². The van der Waals surface area contributed by atoms with Gasteiger partial charge in [-0.2, -0.15) is 0 Å². The molecule has 1 nitrogen and oxygen atoms in total. The fourth-order valence-corrected chi connectivity index (χ4v) is 9.76. The minimum atomic E-state index is -3.02. The molecule has 0 radical (unpaired) electrons. The van der Waals surface area contributed by atoms with Crippen molar-refractivity contribution in [3.8, 4) is 0 Å². The van der Waals surface area contributed by atoms with E-state index in [1.54, 1.807) is 0 Å². The molecule has 0 N–H and O–H groups in total. The van der Waals surface area contributed by atoms with Crippen LogP contribution in [0.4, 0.5) is 0 Å². The molecule has 0 aliphatic heterocycles. The molecule has 0 unspecified atom stereocenters. The van der Waals surface area contributed by atoms with Gasteiger partial charge in [0.1, 0.15) is 0 Å². The SMILES string of the molecule is Cc1cc(C)c([PH](C(=O)c2ccccc2)(c2ccccc2)c2ccccc2)c(C)c1. The van der Waals surface area contributed by atoms with E-state index in [2.05, 4.69) is 81.4 Å². The van der Waals surface area contributed by atoms with Crippen LogP contribution >= 0.6 is 7.26 Å². The molecule has 0 aliphatic carbocycles. The van der Waals surface area contributed by atoms with Crippen LogP contribution in [0.1, 0.15) is 27.0 Å². The van der Waals surface area contributed by atoms with Gasteiger partial charge in [-0.1, -0.05) is 0 Å². The summed E-state index contributed by atoms with van der Waals surface area (Å²) in [5.41, 5.74) is 4.61. The van der Waals surface area contributed by atoms with Crippen LogP contribution in [0, 0.1) is 20.8 Å². The van der Waals surface area contributed by atoms with Crippen molar-refractivity contribution in [2.75, 3.05) is 0 Å². The Labute approximate surface area is 179 Å². The molecule has 0 aromatic heterocycles. The van der Waals surface area contributed by atoms with Crippen molar-refractivity contribution >= 4 is 28.7 Å². The van der Waals surface area contributed by atoms with E-state index in [4.69, 9.17) is 0 Å². The molecule has 0 atom stereocenters. The number of hydrogen-bond donors (Lipinski definition) is 0. The Morgan fingerprint density at radius 1 is 0.600 bits per heavy atom. The molecule has 0 amide bonds. The van der Waals surface area contributed by atoms with Gasteiger partial charge >= 0.3 is 180 Å². The molecule has 30 heavy (non-hydrogen) atoms. The Kier molecular flexibility index (Phi) is 5.66. The molecule has 0 aliphatic rings. The third kappa shape index (κ3) is 3.40. The summed E-state index contributed by atoms with van der Waals surface area (Å²) >= 11 is 0. The monoisotopic (exact) mass is 410 g/mol. The van der Waals surface area contributed by atoms with Gasteiger partial charge in [0, 0.05) is 0 Å². The third-order valence-electron chi connectivity index (χ3n) is 5.84. The molecular weight excluding hydrogens is 383 g/mol. The van der Waals surface area contributed by atoms with Gasteiger partial charge in [-0.15, -0.1) is 0 Å². The topological polar surface area (TPSA) is 17.1 Å². The Morgan fingerprint density at radius 3 is 1.43 bits per heavy atom. The van der Waals surface area contributed by atoms with Gasteiger partial charge in [-0.05, 0) is 0 Å². The van der Waals surface area contributed by atoms with Crippen LogP contribution in [-0.2, 0) is 0 Å². The van der Waals surface area contributed by atoms with Crippen LogP contribution in [0.5, 0.6) is 0 Å². The summed E-state index contributed by atoms with van der Waals surface area (Å²) in [7, 11) is -3.02. The molecule has 0 heterocycles. The Balaban J connectivity index is 2.17. The normalized spacial score (nSPS) is 11.8. The van der Waals surface area contributed by atoms with Crippen LogP contribution in [-0.4, -0.2) is 5.52 Å². The number of hydrogen-bond acceptors (Lipinski definition) is 1. The van der Waals surface area contributed by atoms with E-state index in [1.807, 2.05) is 42.5 Å². The Bertz CT molecular complexity index is 1100. The van der Waals surface area contributed by atoms with Gasteiger partial charge in [0.05, 0.1) is 0 Å². The number of aryl methyl sites for hydroxylation is 3. The molecule has 0 saturated heterocycles. The first-order chi connectivity index (χ1) is 14.5. The first kappa shape index (κ1) is 20.3. The summed E-state index contributed by atoms with van der Waals surface area (Å²) in [6, 6.07) is 35.0. The second-order valence-corrected chi connectivity index (χ2v) is 11.6. The Hall–Kier alpha value is -3.02. The molecule has 0 fully saturated rings. The van der Waals surface area contributed by atoms with Gasteiger partial charge in [0.25, 0.3) is 0 Å². The molecular formula is C28H27OP. The summed E-state index contributed by atoms with van der Waals surface area (Å²) in [4.78, 5) is 14.5. The summed E-state index contributed by atoms with van der Waals surface area (Å²) in [5, 5.41) is 3.46. The van der Waals surface area contributed by atoms with Crippen LogP contribution in [0.3, 0.4) is 0 Å². The predicted octanol–water partition coefficient (Wildman–Crippen LogP) is 5.48. The maximum atomic E-state index is 14.5. The number of carbonyl (C=O) groups is 1. The van der Waals surface area contributed by atoms with Gasteiger partial charge in [0.15, 0.2) is 0 Å². The van der Waals surface area contributed by atoms with Crippen molar-refractivity contribution in [2.24, 2.45) is 0 Å². The maximum absolute atomic E-state index is 14.5. The second kappa shape index (κ2) is 8.38. The predicted molar refractivity (Wildman–Crippen MR) is 132 cm³/mol. The quantitative estimate of drug-likeness (QED) is 0.398. The number of carbonyl (C=O) groups excluding carboxylic acids is 1. The van der Waals surface area contributed by atoms with E-state index in [1.165, 1.54) is 22.0 Å². The van der Waals surface area contributed by atoms with E-state index in [0.29, 0.717) is 0 Å². The fourth-order valence-electron chi connectivity index (χ4n) is 4.78. The first-order valence-electron chi connectivity index (χ1n) is 10.3. The zero-order chi connectivity index (χ0) is 21.1. The average Bonchev–Trinajstić information content (AvgIpc) is 2.77. The molecule has 0 saturated carbocycles. The number of benzene rings is 4. The summed E-state index contributed by atoms with van der Waals surface area (Å²) in [6.45, 7) is 6.43. The molecule has 4 aromatic carbocycles. The minimum absolute atomic E-state index is 0.232. The van der Waals surface area contributed by atoms with Gasteiger partial charge in [0.2, 0.25) is 0 Å². The van der Waals surface area contributed by atoms with Gasteiger partial charge < -0.3 is 0 Å². The van der Waals surface area contributed by atoms with Crippen molar-refractivity contribution in [3.05, 3.63) is 125 Å². The average molecular weight is 410 g/mol. The summed E-state index contributed by atoms with van der Waals surface area (Å²) in [6.07, 6.45) is 0. The van der Waals surface area contributed by atoms with Crippen molar-refractivity contribution in [2.45, 2.75) is 20.8 Å². The zero-order valence-corrected chi connectivity index (χ0v) is 18.7. The molecule has 2 heteroatoms. The summed E-state index contributed by atoms with van der Waals surface area (Å²) < 4.78 is 0. The van der Waals surface area contributed by atoms with E-state index < -0.39 is 7.26 Å². The first-order valence-corrected chi connectivity index (χ1v) is 12.3. The fraction of sp³-hybridized carbons (Fsp3) is 0.107. The van der Waals surface area contributed by atoms with Crippen LogP contribution < -0.4 is 15.9 Å². The molecule has 0 spiro atoms. The zero-order valence-electron chi connectivity index (χ0n) is 17.7. The van der Waals surface area contributed by atoms with E-state index >= 15 is 0 Å². The molecule has 4 rings (SSSR count). The summed E-state index contributed by atoms with van der Waals surface area (Å²) in [5.74, 6) is 0. The van der Waals surface area contributed by atoms with E-state index in [9.17, 15) is 4.79 Å². The van der Waals surface area contributed by atoms with Crippen molar-refractivity contribution in [1.82, 2.24) is 0 Å². The second-order valence-electron chi connectivity index (χ2n) is 7.95. The Morgan fingerprint density at radius 2 is 1.00 bits per heavy atom.